The summed E-state index contributed by atoms with van der Waals surface area (Å²) in [7, 11) is 1.74. The number of likely N-dealkylation sites (tertiary alicyclic amines) is 2. The fraction of sp³-hybridized carbons (Fsp3) is 0.829. The van der Waals surface area contributed by atoms with Crippen molar-refractivity contribution in [3.63, 3.8) is 0 Å². The lowest BCUT2D eigenvalue weighted by molar-refractivity contribution is -0.142. The Labute approximate surface area is 272 Å². The van der Waals surface area contributed by atoms with Crippen molar-refractivity contribution >= 4 is 23.6 Å². The molecule has 2 saturated heterocycles. The second-order valence-electron chi connectivity index (χ2n) is 15.4. The third kappa shape index (κ3) is 10.5. The highest BCUT2D eigenvalue weighted by Crippen LogP contribution is 2.27. The number of amides is 4. The second kappa shape index (κ2) is 16.9. The smallest absolute Gasteiger partial charge is 0.249 e. The number of aliphatic hydroxyl groups excluding tert-OH is 1. The number of piperidine rings is 1. The van der Waals surface area contributed by atoms with Crippen molar-refractivity contribution in [1.29, 1.82) is 0 Å². The molecule has 0 radical (unpaired) electrons. The molecule has 0 aromatic heterocycles. The summed E-state index contributed by atoms with van der Waals surface area (Å²) in [5.74, 6) is -0.462. The molecule has 3 N–H and O–H groups in total. The zero-order valence-electron chi connectivity index (χ0n) is 30.0. The van der Waals surface area contributed by atoms with Crippen molar-refractivity contribution in [2.45, 2.75) is 144 Å². The van der Waals surface area contributed by atoms with Gasteiger partial charge in [0.15, 0.2) is 0 Å². The minimum atomic E-state index is -0.742. The molecule has 10 heteroatoms. The first-order valence-corrected chi connectivity index (χ1v) is 17.1. The molecule has 0 aromatic rings. The maximum absolute atomic E-state index is 14.1. The first kappa shape index (κ1) is 38.7. The van der Waals surface area contributed by atoms with E-state index in [0.717, 1.165) is 32.2 Å². The summed E-state index contributed by atoms with van der Waals surface area (Å²) in [4.78, 5) is 60.1. The van der Waals surface area contributed by atoms with Crippen LogP contribution in [0.3, 0.4) is 0 Å². The first-order valence-electron chi connectivity index (χ1n) is 17.1. The maximum Gasteiger partial charge on any atom is 0.249 e. The van der Waals surface area contributed by atoms with E-state index in [1.54, 1.807) is 23.8 Å². The zero-order valence-corrected chi connectivity index (χ0v) is 30.0. The van der Waals surface area contributed by atoms with Crippen molar-refractivity contribution < 1.29 is 24.3 Å². The van der Waals surface area contributed by atoms with E-state index in [1.165, 1.54) is 0 Å². The predicted molar refractivity (Wildman–Crippen MR) is 179 cm³/mol. The summed E-state index contributed by atoms with van der Waals surface area (Å²) in [6.45, 7) is 21.1. The number of rotatable bonds is 13. The Balaban J connectivity index is 2.25. The van der Waals surface area contributed by atoms with Gasteiger partial charge in [-0.2, -0.15) is 0 Å². The van der Waals surface area contributed by atoms with Crippen LogP contribution < -0.4 is 10.6 Å². The summed E-state index contributed by atoms with van der Waals surface area (Å²) in [5, 5.41) is 15.8. The molecule has 2 aliphatic rings. The molecule has 258 valence electrons. The topological polar surface area (TPSA) is 122 Å². The van der Waals surface area contributed by atoms with Crippen LogP contribution in [0.4, 0.5) is 0 Å². The number of hydrogen-bond donors (Lipinski definition) is 3. The van der Waals surface area contributed by atoms with Crippen LogP contribution >= 0.6 is 0 Å². The average molecular weight is 634 g/mol. The van der Waals surface area contributed by atoms with Gasteiger partial charge in [-0.1, -0.05) is 61.0 Å². The molecule has 0 unspecified atom stereocenters. The lowest BCUT2D eigenvalue weighted by Gasteiger charge is -2.41. The van der Waals surface area contributed by atoms with E-state index in [9.17, 15) is 24.3 Å². The Morgan fingerprint density at radius 1 is 0.911 bits per heavy atom. The van der Waals surface area contributed by atoms with Gasteiger partial charge < -0.3 is 25.5 Å². The normalized spacial score (nSPS) is 22.0. The van der Waals surface area contributed by atoms with Gasteiger partial charge >= 0.3 is 0 Å². The lowest BCUT2D eigenvalue weighted by Crippen LogP contribution is -2.60. The Morgan fingerprint density at radius 3 is 2.04 bits per heavy atom. The van der Waals surface area contributed by atoms with Crippen LogP contribution in [0.15, 0.2) is 11.6 Å². The minimum Gasteiger partial charge on any atom is -0.394 e. The van der Waals surface area contributed by atoms with Crippen molar-refractivity contribution in [3.05, 3.63) is 11.6 Å². The molecule has 2 fully saturated rings. The molecule has 45 heavy (non-hydrogen) atoms. The number of likely N-dealkylation sites (N-methyl/N-ethyl adjacent to an activating group) is 1. The number of nitrogens with one attached hydrogen (secondary N) is 2. The highest BCUT2D eigenvalue weighted by Gasteiger charge is 2.40. The Morgan fingerprint density at radius 2 is 1.51 bits per heavy atom. The van der Waals surface area contributed by atoms with Gasteiger partial charge in [-0.15, -0.1) is 0 Å². The van der Waals surface area contributed by atoms with Gasteiger partial charge in [0, 0.05) is 25.2 Å². The number of nitrogens with zero attached hydrogens (tertiary/aromatic N) is 3. The van der Waals surface area contributed by atoms with Gasteiger partial charge in [0.25, 0.3) is 0 Å². The molecule has 2 heterocycles. The summed E-state index contributed by atoms with van der Waals surface area (Å²) in [5.41, 5.74) is -0.0629. The van der Waals surface area contributed by atoms with E-state index in [2.05, 4.69) is 29.4 Å². The third-order valence-corrected chi connectivity index (χ3v) is 9.28. The fourth-order valence-corrected chi connectivity index (χ4v) is 6.72. The summed E-state index contributed by atoms with van der Waals surface area (Å²) in [6.07, 6.45) is 6.61. The summed E-state index contributed by atoms with van der Waals surface area (Å²) in [6, 6.07) is -2.10. The standard InChI is InChI=1S/C35H63N5O5/c1-22(2)19-26(21-41)36-31(42)28-16-14-18-40(28)33(44)25(7)20-29(23(3)4)38(11)34(45)30(35(8,9)10)37-32(43)27-15-12-13-17-39(27)24(5)6/h20,22-24,26-30,41H,12-19,21H2,1-11H3,(H,36,42)(H,37,43)/b25-20+/t26-,27-,28+,29-,30-/m1/s1. The van der Waals surface area contributed by atoms with E-state index >= 15 is 0 Å². The highest BCUT2D eigenvalue weighted by atomic mass is 16.3. The van der Waals surface area contributed by atoms with Gasteiger partial charge in [0.1, 0.15) is 12.1 Å². The van der Waals surface area contributed by atoms with Gasteiger partial charge in [-0.05, 0) is 76.7 Å². The Hall–Kier alpha value is -2.46. The molecule has 2 rings (SSSR count). The summed E-state index contributed by atoms with van der Waals surface area (Å²) >= 11 is 0. The van der Waals surface area contributed by atoms with Crippen molar-refractivity contribution in [1.82, 2.24) is 25.3 Å². The van der Waals surface area contributed by atoms with Crippen molar-refractivity contribution in [2.75, 3.05) is 26.7 Å². The van der Waals surface area contributed by atoms with Crippen LogP contribution in [0, 0.1) is 17.3 Å². The number of hydrogen-bond acceptors (Lipinski definition) is 6. The van der Waals surface area contributed by atoms with Gasteiger partial charge in [-0.3, -0.25) is 24.1 Å². The summed E-state index contributed by atoms with van der Waals surface area (Å²) < 4.78 is 0. The zero-order chi connectivity index (χ0) is 34.2. The molecule has 10 nitrogen and oxygen atoms in total. The molecular formula is C35H63N5O5. The molecule has 2 aliphatic heterocycles. The molecule has 5 atom stereocenters. The molecule has 0 bridgehead atoms. The molecule has 0 saturated carbocycles. The third-order valence-electron chi connectivity index (χ3n) is 9.28. The number of carbonyl (C=O) groups excluding carboxylic acids is 4. The van der Waals surface area contributed by atoms with Gasteiger partial charge in [-0.25, -0.2) is 0 Å². The predicted octanol–water partition coefficient (Wildman–Crippen LogP) is 3.72. The van der Waals surface area contributed by atoms with Crippen LogP contribution in [0.1, 0.15) is 108 Å². The lowest BCUT2D eigenvalue weighted by atomic mass is 9.84. The molecule has 0 aliphatic carbocycles. The van der Waals surface area contributed by atoms with Gasteiger partial charge in [0.2, 0.25) is 23.6 Å². The van der Waals surface area contributed by atoms with Crippen LogP contribution in [-0.2, 0) is 19.2 Å². The van der Waals surface area contributed by atoms with E-state index in [0.29, 0.717) is 30.9 Å². The molecule has 0 spiro atoms. The first-order chi connectivity index (χ1) is 20.9. The molecule has 0 aromatic carbocycles. The van der Waals surface area contributed by atoms with Crippen LogP contribution in [0.2, 0.25) is 0 Å². The van der Waals surface area contributed by atoms with Crippen molar-refractivity contribution in [3.8, 4) is 0 Å². The van der Waals surface area contributed by atoms with Crippen molar-refractivity contribution in [2.24, 2.45) is 17.3 Å². The molecular weight excluding hydrogens is 570 g/mol. The van der Waals surface area contributed by atoms with Crippen LogP contribution in [0.25, 0.3) is 0 Å². The van der Waals surface area contributed by atoms with E-state index in [4.69, 9.17) is 0 Å². The maximum atomic E-state index is 14.1. The average Bonchev–Trinajstić information content (AvgIpc) is 3.46. The second-order valence-corrected chi connectivity index (χ2v) is 15.4. The quantitative estimate of drug-likeness (QED) is 0.266. The Kier molecular flexibility index (Phi) is 14.6. The van der Waals surface area contributed by atoms with Crippen LogP contribution in [-0.4, -0.2) is 106 Å². The number of aliphatic hydroxyl groups is 1. The largest absolute Gasteiger partial charge is 0.394 e. The van der Waals surface area contributed by atoms with Gasteiger partial charge in [0.05, 0.1) is 24.7 Å². The van der Waals surface area contributed by atoms with E-state index in [-0.39, 0.29) is 54.3 Å². The minimum absolute atomic E-state index is 0.00758. The number of carbonyl (C=O) groups is 4. The Bertz CT molecular complexity index is 1050. The SMILES string of the molecule is C/C(=C\[C@H](C(C)C)N(C)C(=O)[C@@H](NC(=O)[C@H]1CCCCN1C(C)C)C(C)(C)C)C(=O)N1CCC[C@H]1C(=O)N[C@@H](CO)CC(C)C. The van der Waals surface area contributed by atoms with E-state index < -0.39 is 23.5 Å². The van der Waals surface area contributed by atoms with E-state index in [1.807, 2.05) is 54.5 Å². The molecule has 4 amide bonds. The van der Waals surface area contributed by atoms with Crippen LogP contribution in [0.5, 0.6) is 0 Å². The highest BCUT2D eigenvalue weighted by molar-refractivity contribution is 5.97. The fourth-order valence-electron chi connectivity index (χ4n) is 6.72. The monoisotopic (exact) mass is 633 g/mol.